The smallest absolute Gasteiger partial charge is 0.338 e. The number of carbonyl (C=O) groups is 2. The van der Waals surface area contributed by atoms with Gasteiger partial charge in [0.15, 0.2) is 5.65 Å². The summed E-state index contributed by atoms with van der Waals surface area (Å²) >= 11 is 1.24. The summed E-state index contributed by atoms with van der Waals surface area (Å²) < 4.78 is 6.55. The lowest BCUT2D eigenvalue weighted by Crippen LogP contribution is -2.14. The molecule has 0 bridgehead atoms. The molecule has 0 aliphatic heterocycles. The van der Waals surface area contributed by atoms with Crippen LogP contribution in [0.15, 0.2) is 60.0 Å². The fourth-order valence-electron chi connectivity index (χ4n) is 2.75. The van der Waals surface area contributed by atoms with Crippen molar-refractivity contribution in [1.29, 1.82) is 0 Å². The SMILES string of the molecule is CCOC(=O)c1ccc(NC(=O)CSc2nc3c4ccccc4ncn3n2)cc1. The zero-order chi connectivity index (χ0) is 20.2. The molecule has 8 nitrogen and oxygen atoms in total. The summed E-state index contributed by atoms with van der Waals surface area (Å²) in [5.74, 6) is -0.427. The van der Waals surface area contributed by atoms with Gasteiger partial charge in [0.25, 0.3) is 0 Å². The lowest BCUT2D eigenvalue weighted by Gasteiger charge is -2.05. The third-order valence-corrected chi connectivity index (χ3v) is 4.91. The van der Waals surface area contributed by atoms with Gasteiger partial charge in [-0.05, 0) is 43.3 Å². The highest BCUT2D eigenvalue weighted by Crippen LogP contribution is 2.20. The van der Waals surface area contributed by atoms with E-state index in [-0.39, 0.29) is 17.6 Å². The Morgan fingerprint density at radius 2 is 1.93 bits per heavy atom. The van der Waals surface area contributed by atoms with Gasteiger partial charge in [0.1, 0.15) is 6.33 Å². The second kappa shape index (κ2) is 8.27. The van der Waals surface area contributed by atoms with Crippen molar-refractivity contribution in [3.8, 4) is 0 Å². The number of carbonyl (C=O) groups excluding carboxylic acids is 2. The van der Waals surface area contributed by atoms with Gasteiger partial charge in [-0.15, -0.1) is 5.10 Å². The molecule has 0 aliphatic carbocycles. The number of fused-ring (bicyclic) bond motifs is 3. The number of hydrogen-bond acceptors (Lipinski definition) is 7. The normalized spacial score (nSPS) is 10.9. The highest BCUT2D eigenvalue weighted by Gasteiger charge is 2.11. The van der Waals surface area contributed by atoms with E-state index < -0.39 is 0 Å². The molecule has 2 aromatic carbocycles. The second-order valence-corrected chi connectivity index (χ2v) is 7.00. The van der Waals surface area contributed by atoms with Crippen LogP contribution in [0.25, 0.3) is 16.6 Å². The number of ether oxygens (including phenoxy) is 1. The van der Waals surface area contributed by atoms with Gasteiger partial charge in [-0.2, -0.15) is 0 Å². The molecule has 0 radical (unpaired) electrons. The molecular formula is C20H17N5O3S. The molecule has 0 saturated heterocycles. The van der Waals surface area contributed by atoms with E-state index in [2.05, 4.69) is 20.4 Å². The number of para-hydroxylation sites is 1. The standard InChI is InChI=1S/C20H17N5O3S/c1-2-28-19(27)13-7-9-14(10-8-13)22-17(26)11-29-20-23-18-15-5-3-4-6-16(15)21-12-25(18)24-20/h3-10,12H,2,11H2,1H3,(H,22,26). The van der Waals surface area contributed by atoms with Crippen LogP contribution in [0.2, 0.25) is 0 Å². The van der Waals surface area contributed by atoms with Gasteiger partial charge >= 0.3 is 5.97 Å². The van der Waals surface area contributed by atoms with E-state index in [1.807, 2.05) is 24.3 Å². The fourth-order valence-corrected chi connectivity index (χ4v) is 3.38. The van der Waals surface area contributed by atoms with Crippen LogP contribution in [0.4, 0.5) is 5.69 Å². The molecule has 0 spiro atoms. The second-order valence-electron chi connectivity index (χ2n) is 6.06. The molecule has 2 aromatic heterocycles. The molecule has 146 valence electrons. The average Bonchev–Trinajstić information content (AvgIpc) is 3.17. The Bertz CT molecular complexity index is 1190. The molecule has 0 unspecified atom stereocenters. The van der Waals surface area contributed by atoms with Crippen LogP contribution in [0.1, 0.15) is 17.3 Å². The molecule has 9 heteroatoms. The molecule has 0 aliphatic rings. The largest absolute Gasteiger partial charge is 0.462 e. The van der Waals surface area contributed by atoms with Crippen molar-refractivity contribution < 1.29 is 14.3 Å². The Hall–Kier alpha value is -3.46. The van der Waals surface area contributed by atoms with Gasteiger partial charge in [-0.1, -0.05) is 23.9 Å². The predicted molar refractivity (Wildman–Crippen MR) is 110 cm³/mol. The number of anilines is 1. The first-order valence-electron chi connectivity index (χ1n) is 8.94. The van der Waals surface area contributed by atoms with Crippen molar-refractivity contribution >= 4 is 45.9 Å². The Morgan fingerprint density at radius 1 is 1.14 bits per heavy atom. The minimum absolute atomic E-state index is 0.155. The van der Waals surface area contributed by atoms with E-state index in [0.717, 1.165) is 10.9 Å². The maximum Gasteiger partial charge on any atom is 0.338 e. The zero-order valence-electron chi connectivity index (χ0n) is 15.5. The number of esters is 1. The molecule has 2 heterocycles. The maximum absolute atomic E-state index is 12.2. The third kappa shape index (κ3) is 4.19. The van der Waals surface area contributed by atoms with E-state index >= 15 is 0 Å². The van der Waals surface area contributed by atoms with Gasteiger partial charge in [-0.25, -0.2) is 19.3 Å². The van der Waals surface area contributed by atoms with Crippen LogP contribution in [0.3, 0.4) is 0 Å². The van der Waals surface area contributed by atoms with Gasteiger partial charge < -0.3 is 10.1 Å². The highest BCUT2D eigenvalue weighted by atomic mass is 32.2. The molecule has 0 saturated carbocycles. The Labute approximate surface area is 170 Å². The van der Waals surface area contributed by atoms with E-state index in [1.54, 1.807) is 42.0 Å². The van der Waals surface area contributed by atoms with E-state index in [4.69, 9.17) is 4.74 Å². The monoisotopic (exact) mass is 407 g/mol. The van der Waals surface area contributed by atoms with Crippen LogP contribution in [-0.2, 0) is 9.53 Å². The number of benzene rings is 2. The third-order valence-electron chi connectivity index (χ3n) is 4.08. The number of nitrogens with one attached hydrogen (secondary N) is 1. The van der Waals surface area contributed by atoms with Crippen molar-refractivity contribution in [2.24, 2.45) is 0 Å². The predicted octanol–water partition coefficient (Wildman–Crippen LogP) is 3.19. The molecule has 1 amide bonds. The highest BCUT2D eigenvalue weighted by molar-refractivity contribution is 7.99. The first kappa shape index (κ1) is 18.9. The molecule has 0 fully saturated rings. The van der Waals surface area contributed by atoms with Crippen LogP contribution in [0.5, 0.6) is 0 Å². The van der Waals surface area contributed by atoms with Crippen LogP contribution < -0.4 is 5.32 Å². The van der Waals surface area contributed by atoms with E-state index in [1.165, 1.54) is 11.8 Å². The molecular weight excluding hydrogens is 390 g/mol. The zero-order valence-corrected chi connectivity index (χ0v) is 16.3. The first-order chi connectivity index (χ1) is 14.1. The van der Waals surface area contributed by atoms with Gasteiger partial charge in [0, 0.05) is 11.1 Å². The first-order valence-corrected chi connectivity index (χ1v) is 9.92. The molecule has 0 atom stereocenters. The summed E-state index contributed by atoms with van der Waals surface area (Å²) in [5, 5.41) is 8.55. The summed E-state index contributed by atoms with van der Waals surface area (Å²) in [4.78, 5) is 32.8. The van der Waals surface area contributed by atoms with Crippen LogP contribution >= 0.6 is 11.8 Å². The van der Waals surface area contributed by atoms with Gasteiger partial charge in [0.05, 0.1) is 23.4 Å². The van der Waals surface area contributed by atoms with Crippen molar-refractivity contribution in [3.05, 3.63) is 60.4 Å². The van der Waals surface area contributed by atoms with Crippen molar-refractivity contribution in [1.82, 2.24) is 19.6 Å². The summed E-state index contributed by atoms with van der Waals surface area (Å²) in [7, 11) is 0. The fraction of sp³-hybridized carbons (Fsp3) is 0.150. The van der Waals surface area contributed by atoms with E-state index in [0.29, 0.717) is 28.7 Å². The van der Waals surface area contributed by atoms with Crippen molar-refractivity contribution in [2.45, 2.75) is 12.1 Å². The Morgan fingerprint density at radius 3 is 2.72 bits per heavy atom. The topological polar surface area (TPSA) is 98.5 Å². The number of amides is 1. The molecule has 4 aromatic rings. The van der Waals surface area contributed by atoms with Crippen molar-refractivity contribution in [3.63, 3.8) is 0 Å². The minimum atomic E-state index is -0.388. The van der Waals surface area contributed by atoms with Crippen molar-refractivity contribution in [2.75, 3.05) is 17.7 Å². The number of nitrogens with zero attached hydrogens (tertiary/aromatic N) is 4. The van der Waals surface area contributed by atoms with E-state index in [9.17, 15) is 9.59 Å². The number of hydrogen-bond donors (Lipinski definition) is 1. The molecule has 4 rings (SSSR count). The summed E-state index contributed by atoms with van der Waals surface area (Å²) in [6.45, 7) is 2.07. The quantitative estimate of drug-likeness (QED) is 0.387. The van der Waals surface area contributed by atoms with Gasteiger partial charge in [-0.3, -0.25) is 4.79 Å². The summed E-state index contributed by atoms with van der Waals surface area (Å²) in [5.41, 5.74) is 2.58. The summed E-state index contributed by atoms with van der Waals surface area (Å²) in [6.07, 6.45) is 1.61. The number of thioether (sulfide) groups is 1. The number of aromatic nitrogens is 4. The molecule has 1 N–H and O–H groups in total. The molecule has 29 heavy (non-hydrogen) atoms. The number of rotatable bonds is 6. The lowest BCUT2D eigenvalue weighted by molar-refractivity contribution is -0.113. The van der Waals surface area contributed by atoms with Gasteiger partial charge in [0.2, 0.25) is 11.1 Å². The minimum Gasteiger partial charge on any atom is -0.462 e. The average molecular weight is 407 g/mol. The lowest BCUT2D eigenvalue weighted by atomic mass is 10.2. The Kier molecular flexibility index (Phi) is 5.39. The van der Waals surface area contributed by atoms with Crippen LogP contribution in [-0.4, -0.2) is 43.8 Å². The summed E-state index contributed by atoms with van der Waals surface area (Å²) in [6, 6.07) is 14.2. The maximum atomic E-state index is 12.2. The Balaban J connectivity index is 1.39. The van der Waals surface area contributed by atoms with Crippen LogP contribution in [0, 0.1) is 0 Å².